The van der Waals surface area contributed by atoms with E-state index in [-0.39, 0.29) is 75.3 Å². The second-order valence-corrected chi connectivity index (χ2v) is 1.99. The van der Waals surface area contributed by atoms with E-state index in [1.807, 2.05) is 0 Å². The molecule has 0 bridgehead atoms. The number of carboxylic acid groups (broad SMARTS) is 1. The SMILES string of the molecule is NCCCCCC(=O)O.[CsH]. The first-order valence-corrected chi connectivity index (χ1v) is 3.19. The van der Waals surface area contributed by atoms with Gasteiger partial charge in [-0.15, -0.1) is 0 Å². The van der Waals surface area contributed by atoms with Crippen LogP contribution in [0.15, 0.2) is 0 Å². The first-order valence-electron chi connectivity index (χ1n) is 3.19. The Balaban J connectivity index is 0. The van der Waals surface area contributed by atoms with Crippen LogP contribution in [0.5, 0.6) is 0 Å². The molecule has 0 aromatic rings. The normalized spacial score (nSPS) is 8.50. The summed E-state index contributed by atoms with van der Waals surface area (Å²) >= 11 is 0. The van der Waals surface area contributed by atoms with Gasteiger partial charge in [-0.3, -0.25) is 4.79 Å². The Kier molecular flexibility index (Phi) is 14.7. The maximum absolute atomic E-state index is 9.93. The topological polar surface area (TPSA) is 63.3 Å². The Morgan fingerprint density at radius 3 is 2.30 bits per heavy atom. The molecule has 0 saturated carbocycles. The van der Waals surface area contributed by atoms with E-state index in [1.54, 1.807) is 0 Å². The molecule has 56 valence electrons. The Morgan fingerprint density at radius 1 is 1.30 bits per heavy atom. The molecule has 0 saturated heterocycles. The van der Waals surface area contributed by atoms with Gasteiger partial charge in [0.2, 0.25) is 0 Å². The third-order valence-corrected chi connectivity index (χ3v) is 1.09. The van der Waals surface area contributed by atoms with Crippen LogP contribution in [0, 0.1) is 0 Å². The molecular weight excluding hydrogens is 251 g/mol. The number of unbranched alkanes of at least 4 members (excludes halogenated alkanes) is 2. The van der Waals surface area contributed by atoms with E-state index < -0.39 is 5.97 Å². The van der Waals surface area contributed by atoms with Crippen molar-refractivity contribution in [3.63, 3.8) is 0 Å². The van der Waals surface area contributed by atoms with Gasteiger partial charge in [0.25, 0.3) is 0 Å². The summed E-state index contributed by atoms with van der Waals surface area (Å²) in [6.07, 6.45) is 2.91. The van der Waals surface area contributed by atoms with Crippen molar-refractivity contribution in [2.24, 2.45) is 5.73 Å². The van der Waals surface area contributed by atoms with Crippen molar-refractivity contribution in [2.45, 2.75) is 25.7 Å². The molecule has 0 fully saturated rings. The molecule has 0 aromatic carbocycles. The number of nitrogens with two attached hydrogens (primary N) is 1. The van der Waals surface area contributed by atoms with E-state index in [4.69, 9.17) is 10.8 Å². The molecule has 0 spiro atoms. The summed E-state index contributed by atoms with van der Waals surface area (Å²) in [6.45, 7) is 0.666. The van der Waals surface area contributed by atoms with Crippen molar-refractivity contribution >= 4 is 74.9 Å². The number of hydrogen-bond donors (Lipinski definition) is 2. The molecule has 0 rings (SSSR count). The standard InChI is InChI=1S/C6H13NO2.Cs.H/c7-5-3-1-2-4-6(8)9;;/h1-5,7H2,(H,8,9);;. The summed E-state index contributed by atoms with van der Waals surface area (Å²) in [6, 6.07) is 0. The third kappa shape index (κ3) is 12.2. The van der Waals surface area contributed by atoms with E-state index >= 15 is 0 Å². The number of carbonyl (C=O) groups is 1. The molecule has 0 aliphatic carbocycles. The molecule has 0 aromatic heterocycles. The van der Waals surface area contributed by atoms with Gasteiger partial charge in [-0.25, -0.2) is 0 Å². The van der Waals surface area contributed by atoms with Gasteiger partial charge in [0, 0.05) is 6.42 Å². The van der Waals surface area contributed by atoms with Crippen LogP contribution in [0.1, 0.15) is 25.7 Å². The van der Waals surface area contributed by atoms with Crippen LogP contribution in [0.2, 0.25) is 0 Å². The van der Waals surface area contributed by atoms with Crippen LogP contribution in [-0.2, 0) is 4.79 Å². The monoisotopic (exact) mass is 265 g/mol. The molecule has 0 aliphatic rings. The summed E-state index contributed by atoms with van der Waals surface area (Å²) in [5, 5.41) is 8.18. The third-order valence-electron chi connectivity index (χ3n) is 1.09. The molecule has 0 radical (unpaired) electrons. The summed E-state index contributed by atoms with van der Waals surface area (Å²) in [4.78, 5) is 9.93. The molecule has 0 amide bonds. The first-order chi connectivity index (χ1) is 4.27. The van der Waals surface area contributed by atoms with Crippen molar-refractivity contribution in [3.8, 4) is 0 Å². The van der Waals surface area contributed by atoms with Crippen molar-refractivity contribution in [1.29, 1.82) is 0 Å². The fourth-order valence-corrected chi connectivity index (χ4v) is 0.597. The van der Waals surface area contributed by atoms with Crippen LogP contribution in [0.25, 0.3) is 0 Å². The quantitative estimate of drug-likeness (QED) is 0.685. The Hall–Kier alpha value is 1.48. The van der Waals surface area contributed by atoms with Crippen molar-refractivity contribution < 1.29 is 9.90 Å². The van der Waals surface area contributed by atoms with Crippen LogP contribution >= 0.6 is 0 Å². The maximum atomic E-state index is 9.93. The van der Waals surface area contributed by atoms with Gasteiger partial charge in [-0.1, -0.05) is 6.42 Å². The molecule has 4 heteroatoms. The van der Waals surface area contributed by atoms with Gasteiger partial charge in [-0.2, -0.15) is 0 Å². The van der Waals surface area contributed by atoms with Crippen molar-refractivity contribution in [2.75, 3.05) is 6.54 Å². The summed E-state index contributed by atoms with van der Waals surface area (Å²) < 4.78 is 0. The number of hydrogen-bond acceptors (Lipinski definition) is 2. The van der Waals surface area contributed by atoms with E-state index in [0.29, 0.717) is 6.54 Å². The Morgan fingerprint density at radius 2 is 1.90 bits per heavy atom. The first kappa shape index (κ1) is 14.0. The van der Waals surface area contributed by atoms with E-state index in [0.717, 1.165) is 19.3 Å². The molecule has 0 aliphatic heterocycles. The van der Waals surface area contributed by atoms with Gasteiger partial charge in [0.1, 0.15) is 0 Å². The van der Waals surface area contributed by atoms with Crippen LogP contribution in [0.3, 0.4) is 0 Å². The zero-order chi connectivity index (χ0) is 7.11. The van der Waals surface area contributed by atoms with Crippen LogP contribution in [-0.4, -0.2) is 86.5 Å². The molecule has 0 atom stereocenters. The van der Waals surface area contributed by atoms with Crippen molar-refractivity contribution in [1.82, 2.24) is 0 Å². The minimum absolute atomic E-state index is 0. The average Bonchev–Trinajstić information content (AvgIpc) is 1.80. The minimum atomic E-state index is -0.716. The van der Waals surface area contributed by atoms with Crippen molar-refractivity contribution in [3.05, 3.63) is 0 Å². The second-order valence-electron chi connectivity index (χ2n) is 1.99. The molecule has 0 heterocycles. The van der Waals surface area contributed by atoms with Crippen LogP contribution in [0.4, 0.5) is 0 Å². The predicted molar refractivity (Wildman–Crippen MR) is 42.3 cm³/mol. The zero-order valence-electron chi connectivity index (χ0n) is 5.47. The van der Waals surface area contributed by atoms with Crippen LogP contribution < -0.4 is 5.73 Å². The molecule has 3 nitrogen and oxygen atoms in total. The summed E-state index contributed by atoms with van der Waals surface area (Å²) in [7, 11) is 0. The van der Waals surface area contributed by atoms with E-state index in [2.05, 4.69) is 0 Å². The van der Waals surface area contributed by atoms with Gasteiger partial charge in [0.15, 0.2) is 0 Å². The Bertz CT molecular complexity index is 87.8. The molecule has 3 N–H and O–H groups in total. The number of aliphatic carboxylic acids is 1. The number of carboxylic acids is 1. The predicted octanol–water partition coefficient (Wildman–Crippen LogP) is -0.0584. The van der Waals surface area contributed by atoms with Gasteiger partial charge in [-0.05, 0) is 19.4 Å². The van der Waals surface area contributed by atoms with E-state index in [1.165, 1.54) is 0 Å². The molecule has 10 heavy (non-hydrogen) atoms. The molecule has 0 unspecified atom stereocenters. The average molecular weight is 265 g/mol. The Labute approximate surface area is 120 Å². The fourth-order valence-electron chi connectivity index (χ4n) is 0.597. The zero-order valence-corrected chi connectivity index (χ0v) is 5.47. The van der Waals surface area contributed by atoms with Gasteiger partial charge >= 0.3 is 74.9 Å². The van der Waals surface area contributed by atoms with E-state index in [9.17, 15) is 4.79 Å². The second kappa shape index (κ2) is 10.5. The molecular formula is C6H14CsNO2. The van der Waals surface area contributed by atoms with Gasteiger partial charge in [0.05, 0.1) is 0 Å². The summed E-state index contributed by atoms with van der Waals surface area (Å²) in [5.74, 6) is -0.716. The fraction of sp³-hybridized carbons (Fsp3) is 0.833. The van der Waals surface area contributed by atoms with Gasteiger partial charge < -0.3 is 10.8 Å². The number of rotatable bonds is 5. The summed E-state index contributed by atoms with van der Waals surface area (Å²) in [5.41, 5.74) is 5.20.